The predicted octanol–water partition coefficient (Wildman–Crippen LogP) is 4.93. The number of aryl methyl sites for hydroxylation is 1. The third-order valence-electron chi connectivity index (χ3n) is 3.72. The van der Waals surface area contributed by atoms with Gasteiger partial charge in [-0.1, -0.05) is 11.6 Å². The number of anilines is 1. The molecule has 0 bridgehead atoms. The van der Waals surface area contributed by atoms with Crippen molar-refractivity contribution < 1.29 is 27.5 Å². The molecule has 148 valence electrons. The van der Waals surface area contributed by atoms with Gasteiger partial charge in [-0.3, -0.25) is 4.79 Å². The summed E-state index contributed by atoms with van der Waals surface area (Å²) in [6.45, 7) is 3.54. The number of H-pyrrole nitrogens is 1. The summed E-state index contributed by atoms with van der Waals surface area (Å²) >= 11 is 0. The Hall–Kier alpha value is -3.29. The number of ether oxygens (including phenoxy) is 1. The number of halogens is 3. The lowest BCUT2D eigenvalue weighted by Gasteiger charge is -2.06. The molecule has 2 N–H and O–H groups in total. The van der Waals surface area contributed by atoms with E-state index in [1.807, 2.05) is 25.1 Å². The Labute approximate surface area is 159 Å². The van der Waals surface area contributed by atoms with Crippen LogP contribution < -0.4 is 5.32 Å². The van der Waals surface area contributed by atoms with Crippen LogP contribution in [0.1, 0.15) is 28.4 Å². The molecule has 0 radical (unpaired) electrons. The number of hydrogen-bond acceptors (Lipinski definition) is 3. The fraction of sp³-hybridized carbons (Fsp3) is 0.200. The van der Waals surface area contributed by atoms with Crippen molar-refractivity contribution in [1.82, 2.24) is 4.98 Å². The summed E-state index contributed by atoms with van der Waals surface area (Å²) in [4.78, 5) is 24.8. The number of benzene rings is 2. The van der Waals surface area contributed by atoms with Crippen LogP contribution in [0, 0.1) is 6.92 Å². The molecule has 2 aromatic carbocycles. The summed E-state index contributed by atoms with van der Waals surface area (Å²) in [5.74, 6) is 0.0325. The second-order valence-corrected chi connectivity index (χ2v) is 6.02. The number of alkyl halides is 3. The van der Waals surface area contributed by atoms with Gasteiger partial charge in [-0.05, 0) is 49.4 Å². The molecule has 1 heterocycles. The van der Waals surface area contributed by atoms with Crippen LogP contribution in [0.4, 0.5) is 19.0 Å². The van der Waals surface area contributed by atoms with E-state index in [1.54, 1.807) is 0 Å². The van der Waals surface area contributed by atoms with Crippen LogP contribution >= 0.6 is 0 Å². The number of carbonyl (C=O) groups excluding carboxylic acids is 2. The van der Waals surface area contributed by atoms with Crippen LogP contribution in [0.3, 0.4) is 0 Å². The van der Waals surface area contributed by atoms with E-state index in [0.29, 0.717) is 0 Å². The molecule has 0 unspecified atom stereocenters. The Morgan fingerprint density at radius 2 is 1.68 bits per heavy atom. The standard InChI is InChI=1S/C11H12N2O.C9H7F3O2/c1-7-3-4-10-9(5-7)6-11(13-10)12-8(2)14;1-14-8(13)6-2-4-7(5-3-6)9(10,11)12/h3-6,13H,1-2H3,(H,12,14);2-5H,1H3. The average molecular weight is 392 g/mol. The minimum atomic E-state index is -4.38. The number of aromatic nitrogens is 1. The first-order chi connectivity index (χ1) is 13.1. The van der Waals surface area contributed by atoms with Crippen molar-refractivity contribution >= 4 is 28.6 Å². The fourth-order valence-electron chi connectivity index (χ4n) is 2.42. The second-order valence-electron chi connectivity index (χ2n) is 6.02. The number of fused-ring (bicyclic) bond motifs is 1. The average Bonchev–Trinajstić information content (AvgIpc) is 3.01. The topological polar surface area (TPSA) is 71.2 Å². The molecular formula is C20H19F3N2O3. The van der Waals surface area contributed by atoms with Crippen LogP contribution in [0.5, 0.6) is 0 Å². The molecular weight excluding hydrogens is 373 g/mol. The molecule has 28 heavy (non-hydrogen) atoms. The van der Waals surface area contributed by atoms with E-state index in [0.717, 1.165) is 41.0 Å². The molecule has 0 atom stereocenters. The van der Waals surface area contributed by atoms with Crippen molar-refractivity contribution in [3.05, 3.63) is 65.2 Å². The van der Waals surface area contributed by atoms with Gasteiger partial charge < -0.3 is 15.0 Å². The van der Waals surface area contributed by atoms with Crippen molar-refractivity contribution in [1.29, 1.82) is 0 Å². The van der Waals surface area contributed by atoms with E-state index in [1.165, 1.54) is 19.6 Å². The van der Waals surface area contributed by atoms with Gasteiger partial charge in [-0.2, -0.15) is 13.2 Å². The maximum Gasteiger partial charge on any atom is 0.416 e. The summed E-state index contributed by atoms with van der Waals surface area (Å²) in [6, 6.07) is 11.9. The Morgan fingerprint density at radius 3 is 2.21 bits per heavy atom. The number of aromatic amines is 1. The summed E-state index contributed by atoms with van der Waals surface area (Å²) < 4.78 is 40.6. The minimum absolute atomic E-state index is 0.0618. The molecule has 0 saturated heterocycles. The van der Waals surface area contributed by atoms with Crippen LogP contribution in [-0.2, 0) is 15.7 Å². The monoisotopic (exact) mass is 392 g/mol. The number of carbonyl (C=O) groups is 2. The Morgan fingerprint density at radius 1 is 1.04 bits per heavy atom. The number of esters is 1. The molecule has 1 aromatic heterocycles. The quantitative estimate of drug-likeness (QED) is 0.608. The van der Waals surface area contributed by atoms with E-state index in [-0.39, 0.29) is 11.5 Å². The van der Waals surface area contributed by atoms with Gasteiger partial charge in [0.1, 0.15) is 5.82 Å². The molecule has 0 aliphatic rings. The summed E-state index contributed by atoms with van der Waals surface area (Å²) in [6.07, 6.45) is -4.38. The highest BCUT2D eigenvalue weighted by molar-refractivity contribution is 5.92. The Balaban J connectivity index is 0.000000200. The zero-order valence-electron chi connectivity index (χ0n) is 15.5. The maximum atomic E-state index is 12.1. The third-order valence-corrected chi connectivity index (χ3v) is 3.72. The first-order valence-corrected chi connectivity index (χ1v) is 8.22. The molecule has 0 aliphatic heterocycles. The number of nitrogens with one attached hydrogen (secondary N) is 2. The minimum Gasteiger partial charge on any atom is -0.465 e. The fourth-order valence-corrected chi connectivity index (χ4v) is 2.42. The van der Waals surface area contributed by atoms with Gasteiger partial charge in [0, 0.05) is 17.8 Å². The van der Waals surface area contributed by atoms with Crippen molar-refractivity contribution in [2.75, 3.05) is 12.4 Å². The molecule has 0 fully saturated rings. The zero-order chi connectivity index (χ0) is 20.9. The van der Waals surface area contributed by atoms with Crippen molar-refractivity contribution in [3.8, 4) is 0 Å². The van der Waals surface area contributed by atoms with Gasteiger partial charge in [0.05, 0.1) is 18.2 Å². The van der Waals surface area contributed by atoms with E-state index in [2.05, 4.69) is 21.1 Å². The largest absolute Gasteiger partial charge is 0.465 e. The van der Waals surface area contributed by atoms with E-state index < -0.39 is 17.7 Å². The lowest BCUT2D eigenvalue weighted by atomic mass is 10.1. The molecule has 1 amide bonds. The number of amides is 1. The van der Waals surface area contributed by atoms with E-state index in [9.17, 15) is 22.8 Å². The first kappa shape index (κ1) is 21.0. The van der Waals surface area contributed by atoms with Crippen LogP contribution in [-0.4, -0.2) is 24.0 Å². The lowest BCUT2D eigenvalue weighted by molar-refractivity contribution is -0.137. The first-order valence-electron chi connectivity index (χ1n) is 8.22. The van der Waals surface area contributed by atoms with Crippen molar-refractivity contribution in [3.63, 3.8) is 0 Å². The molecule has 0 aliphatic carbocycles. The second kappa shape index (κ2) is 8.60. The molecule has 0 saturated carbocycles. The maximum absolute atomic E-state index is 12.1. The highest BCUT2D eigenvalue weighted by Gasteiger charge is 2.30. The zero-order valence-corrected chi connectivity index (χ0v) is 15.5. The number of rotatable bonds is 2. The third kappa shape index (κ3) is 5.60. The molecule has 3 aromatic rings. The van der Waals surface area contributed by atoms with Gasteiger partial charge >= 0.3 is 12.1 Å². The van der Waals surface area contributed by atoms with Gasteiger partial charge in [0.2, 0.25) is 5.91 Å². The summed E-state index contributed by atoms with van der Waals surface area (Å²) in [7, 11) is 1.17. The van der Waals surface area contributed by atoms with Crippen molar-refractivity contribution in [2.24, 2.45) is 0 Å². The normalized spacial score (nSPS) is 10.8. The lowest BCUT2D eigenvalue weighted by Crippen LogP contribution is -2.06. The van der Waals surface area contributed by atoms with Gasteiger partial charge in [0.15, 0.2) is 0 Å². The van der Waals surface area contributed by atoms with E-state index in [4.69, 9.17) is 0 Å². The smallest absolute Gasteiger partial charge is 0.416 e. The van der Waals surface area contributed by atoms with Crippen LogP contribution in [0.15, 0.2) is 48.5 Å². The molecule has 0 spiro atoms. The van der Waals surface area contributed by atoms with Crippen LogP contribution in [0.25, 0.3) is 10.9 Å². The molecule has 3 rings (SSSR count). The Kier molecular flexibility index (Phi) is 6.45. The highest BCUT2D eigenvalue weighted by Crippen LogP contribution is 2.29. The molecule has 8 heteroatoms. The van der Waals surface area contributed by atoms with Crippen molar-refractivity contribution in [2.45, 2.75) is 20.0 Å². The van der Waals surface area contributed by atoms with E-state index >= 15 is 0 Å². The SMILES string of the molecule is CC(=O)Nc1cc2cc(C)ccc2[nH]1.COC(=O)c1ccc(C(F)(F)F)cc1. The highest BCUT2D eigenvalue weighted by atomic mass is 19.4. The number of hydrogen-bond donors (Lipinski definition) is 2. The van der Waals surface area contributed by atoms with Crippen LogP contribution in [0.2, 0.25) is 0 Å². The number of methoxy groups -OCH3 is 1. The summed E-state index contributed by atoms with van der Waals surface area (Å²) in [5, 5.41) is 3.84. The van der Waals surface area contributed by atoms with Gasteiger partial charge in [-0.15, -0.1) is 0 Å². The summed E-state index contributed by atoms with van der Waals surface area (Å²) in [5.41, 5.74) is 1.57. The van der Waals surface area contributed by atoms with Gasteiger partial charge in [-0.25, -0.2) is 4.79 Å². The Bertz CT molecular complexity index is 977. The molecule has 5 nitrogen and oxygen atoms in total. The predicted molar refractivity (Wildman–Crippen MR) is 100 cm³/mol. The van der Waals surface area contributed by atoms with Gasteiger partial charge in [0.25, 0.3) is 0 Å².